The van der Waals surface area contributed by atoms with Gasteiger partial charge < -0.3 is 16.0 Å². The molecule has 0 spiro atoms. The van der Waals surface area contributed by atoms with E-state index < -0.39 is 35.4 Å². The minimum atomic E-state index is -4.70. The quantitative estimate of drug-likeness (QED) is 0.483. The first kappa shape index (κ1) is 22.0. The molecule has 3 N–H and O–H groups in total. The van der Waals surface area contributed by atoms with Crippen molar-refractivity contribution in [1.29, 1.82) is 0 Å². The molecular formula is C19H18F4N6O2. The Morgan fingerprint density at radius 3 is 2.55 bits per heavy atom. The summed E-state index contributed by atoms with van der Waals surface area (Å²) in [5, 5.41) is 6.91. The second kappa shape index (κ2) is 7.85. The van der Waals surface area contributed by atoms with Crippen LogP contribution in [0.1, 0.15) is 24.1 Å². The number of pyridine rings is 1. The fraction of sp³-hybridized carbons (Fsp3) is 0.263. The molecule has 1 unspecified atom stereocenters. The van der Waals surface area contributed by atoms with Crippen LogP contribution in [-0.2, 0) is 22.8 Å². The number of carbonyl (C=O) groups is 2. The van der Waals surface area contributed by atoms with E-state index in [2.05, 4.69) is 15.4 Å². The fourth-order valence-corrected chi connectivity index (χ4v) is 3.07. The second-order valence-electron chi connectivity index (χ2n) is 6.87. The molecule has 0 aliphatic rings. The number of nitrogens with two attached hydrogens (primary N) is 1. The van der Waals surface area contributed by atoms with Crippen LogP contribution in [0.4, 0.5) is 29.1 Å². The summed E-state index contributed by atoms with van der Waals surface area (Å²) in [4.78, 5) is 29.9. The molecule has 1 atom stereocenters. The van der Waals surface area contributed by atoms with E-state index in [9.17, 15) is 27.2 Å². The molecule has 3 aromatic rings. The number of rotatable bonds is 3. The lowest BCUT2D eigenvalue weighted by molar-refractivity contribution is -0.143. The fourth-order valence-electron chi connectivity index (χ4n) is 3.07. The molecule has 2 aromatic heterocycles. The SMILES string of the molecule is CC(c1ccc(C(F)(F)F)cc1F)N(C)C(=O)C(=O)Nc1cnc(N)c2c1cnn2C. The maximum Gasteiger partial charge on any atom is 0.416 e. The van der Waals surface area contributed by atoms with Crippen LogP contribution in [0, 0.1) is 5.82 Å². The van der Waals surface area contributed by atoms with Gasteiger partial charge in [0.2, 0.25) is 0 Å². The van der Waals surface area contributed by atoms with Gasteiger partial charge in [-0.05, 0) is 19.1 Å². The van der Waals surface area contributed by atoms with E-state index in [0.29, 0.717) is 23.0 Å². The number of benzene rings is 1. The first-order valence-electron chi connectivity index (χ1n) is 8.92. The third-order valence-corrected chi connectivity index (χ3v) is 4.93. The van der Waals surface area contributed by atoms with Crippen LogP contribution in [0.2, 0.25) is 0 Å². The van der Waals surface area contributed by atoms with Crippen molar-refractivity contribution in [2.45, 2.75) is 19.1 Å². The summed E-state index contributed by atoms with van der Waals surface area (Å²) in [6, 6.07) is 0.993. The minimum Gasteiger partial charge on any atom is -0.382 e. The number of hydrogen-bond acceptors (Lipinski definition) is 5. The molecule has 164 valence electrons. The summed E-state index contributed by atoms with van der Waals surface area (Å²) in [6.07, 6.45) is -1.99. The number of amides is 2. The van der Waals surface area contributed by atoms with E-state index in [0.717, 1.165) is 11.0 Å². The van der Waals surface area contributed by atoms with Crippen LogP contribution in [0.3, 0.4) is 0 Å². The number of alkyl halides is 3. The Kier molecular flexibility index (Phi) is 5.57. The first-order chi connectivity index (χ1) is 14.4. The highest BCUT2D eigenvalue weighted by atomic mass is 19.4. The Labute approximate surface area is 173 Å². The molecule has 8 nitrogen and oxygen atoms in total. The number of likely N-dealkylation sites (N-methyl/N-ethyl adjacent to an activating group) is 1. The van der Waals surface area contributed by atoms with Crippen LogP contribution in [0.15, 0.2) is 30.6 Å². The highest BCUT2D eigenvalue weighted by Crippen LogP contribution is 2.32. The van der Waals surface area contributed by atoms with E-state index >= 15 is 0 Å². The highest BCUT2D eigenvalue weighted by molar-refractivity contribution is 6.40. The number of nitrogens with one attached hydrogen (secondary N) is 1. The number of nitrogens with zero attached hydrogens (tertiary/aromatic N) is 4. The molecule has 0 radical (unpaired) electrons. The zero-order chi connectivity index (χ0) is 23.1. The van der Waals surface area contributed by atoms with Crippen molar-refractivity contribution >= 4 is 34.2 Å². The summed E-state index contributed by atoms with van der Waals surface area (Å²) in [7, 11) is 2.87. The number of fused-ring (bicyclic) bond motifs is 1. The van der Waals surface area contributed by atoms with Crippen LogP contribution in [-0.4, -0.2) is 38.5 Å². The normalized spacial score (nSPS) is 12.6. The van der Waals surface area contributed by atoms with Crippen molar-refractivity contribution in [2.75, 3.05) is 18.1 Å². The molecule has 0 aliphatic carbocycles. The van der Waals surface area contributed by atoms with Crippen LogP contribution >= 0.6 is 0 Å². The topological polar surface area (TPSA) is 106 Å². The highest BCUT2D eigenvalue weighted by Gasteiger charge is 2.32. The number of anilines is 2. The molecular weight excluding hydrogens is 420 g/mol. The van der Waals surface area contributed by atoms with Crippen molar-refractivity contribution in [3.8, 4) is 0 Å². The Morgan fingerprint density at radius 2 is 1.94 bits per heavy atom. The lowest BCUT2D eigenvalue weighted by Crippen LogP contribution is -2.38. The molecule has 0 saturated heterocycles. The number of halogens is 4. The van der Waals surface area contributed by atoms with Crippen LogP contribution < -0.4 is 11.1 Å². The molecule has 0 saturated carbocycles. The Morgan fingerprint density at radius 1 is 1.26 bits per heavy atom. The van der Waals surface area contributed by atoms with E-state index in [1.807, 2.05) is 0 Å². The monoisotopic (exact) mass is 438 g/mol. The number of nitrogen functional groups attached to an aromatic ring is 1. The molecule has 12 heteroatoms. The summed E-state index contributed by atoms with van der Waals surface area (Å²) >= 11 is 0. The van der Waals surface area contributed by atoms with E-state index in [-0.39, 0.29) is 17.1 Å². The van der Waals surface area contributed by atoms with Crippen molar-refractivity contribution in [3.05, 3.63) is 47.5 Å². The summed E-state index contributed by atoms with van der Waals surface area (Å²) < 4.78 is 53.9. The second-order valence-corrected chi connectivity index (χ2v) is 6.87. The van der Waals surface area contributed by atoms with Gasteiger partial charge in [0, 0.05) is 25.0 Å². The van der Waals surface area contributed by atoms with Gasteiger partial charge >= 0.3 is 18.0 Å². The van der Waals surface area contributed by atoms with Gasteiger partial charge in [-0.1, -0.05) is 6.07 Å². The predicted molar refractivity (Wildman–Crippen MR) is 104 cm³/mol. The minimum absolute atomic E-state index is 0.166. The lowest BCUT2D eigenvalue weighted by Gasteiger charge is -2.25. The van der Waals surface area contributed by atoms with Crippen molar-refractivity contribution in [2.24, 2.45) is 7.05 Å². The Hall–Kier alpha value is -3.70. The molecule has 0 fully saturated rings. The van der Waals surface area contributed by atoms with Gasteiger partial charge in [0.25, 0.3) is 0 Å². The van der Waals surface area contributed by atoms with Gasteiger partial charge in [-0.15, -0.1) is 0 Å². The maximum atomic E-state index is 14.2. The van der Waals surface area contributed by atoms with Gasteiger partial charge in [-0.25, -0.2) is 9.37 Å². The molecule has 2 amide bonds. The molecule has 2 heterocycles. The van der Waals surface area contributed by atoms with Gasteiger partial charge in [0.15, 0.2) is 0 Å². The molecule has 31 heavy (non-hydrogen) atoms. The zero-order valence-corrected chi connectivity index (χ0v) is 16.7. The number of hydrogen-bond donors (Lipinski definition) is 2. The Balaban J connectivity index is 1.80. The summed E-state index contributed by atoms with van der Waals surface area (Å²) in [5.41, 5.74) is 5.13. The van der Waals surface area contributed by atoms with Gasteiger partial charge in [-0.3, -0.25) is 14.3 Å². The Bertz CT molecular complexity index is 1170. The van der Waals surface area contributed by atoms with Gasteiger partial charge in [0.1, 0.15) is 17.2 Å². The van der Waals surface area contributed by atoms with Crippen molar-refractivity contribution < 1.29 is 27.2 Å². The third-order valence-electron chi connectivity index (χ3n) is 4.93. The molecule has 1 aromatic carbocycles. The van der Waals surface area contributed by atoms with Crippen LogP contribution in [0.5, 0.6) is 0 Å². The zero-order valence-electron chi connectivity index (χ0n) is 16.7. The largest absolute Gasteiger partial charge is 0.416 e. The van der Waals surface area contributed by atoms with Crippen molar-refractivity contribution in [1.82, 2.24) is 19.7 Å². The summed E-state index contributed by atoms with van der Waals surface area (Å²) in [6.45, 7) is 1.39. The van der Waals surface area contributed by atoms with E-state index in [4.69, 9.17) is 5.73 Å². The average Bonchev–Trinajstić information content (AvgIpc) is 3.10. The number of aromatic nitrogens is 3. The number of aryl methyl sites for hydroxylation is 1. The van der Waals surface area contributed by atoms with Crippen LogP contribution in [0.25, 0.3) is 10.9 Å². The maximum absolute atomic E-state index is 14.2. The smallest absolute Gasteiger partial charge is 0.382 e. The first-order valence-corrected chi connectivity index (χ1v) is 8.92. The average molecular weight is 438 g/mol. The number of carbonyl (C=O) groups excluding carboxylic acids is 2. The molecule has 0 aliphatic heterocycles. The predicted octanol–water partition coefficient (Wildman–Crippen LogP) is 2.87. The molecule has 3 rings (SSSR count). The van der Waals surface area contributed by atoms with Gasteiger partial charge in [-0.2, -0.15) is 18.3 Å². The van der Waals surface area contributed by atoms with E-state index in [1.54, 1.807) is 7.05 Å². The molecule has 0 bridgehead atoms. The van der Waals surface area contributed by atoms with E-state index in [1.165, 1.54) is 31.0 Å². The third kappa shape index (κ3) is 4.13. The standard InChI is InChI=1S/C19H18F4N6O2/c1-9(11-5-4-10(6-13(11)20)19(21,22)23)28(2)18(31)17(30)27-14-8-25-16(24)15-12(14)7-26-29(15)3/h4-9H,1-3H3,(H2,24,25)(H,27,30). The van der Waals surface area contributed by atoms with Crippen molar-refractivity contribution in [3.63, 3.8) is 0 Å². The summed E-state index contributed by atoms with van der Waals surface area (Å²) in [5.74, 6) is -3.02. The van der Waals surface area contributed by atoms with Gasteiger partial charge in [0.05, 0.1) is 29.7 Å². The lowest BCUT2D eigenvalue weighted by atomic mass is 10.0.